The number of halogens is 2. The van der Waals surface area contributed by atoms with Crippen molar-refractivity contribution in [2.75, 3.05) is 12.8 Å². The third kappa shape index (κ3) is 2.34. The quantitative estimate of drug-likeness (QED) is 0.826. The van der Waals surface area contributed by atoms with E-state index in [1.165, 1.54) is 13.2 Å². The van der Waals surface area contributed by atoms with E-state index < -0.39 is 0 Å². The Labute approximate surface area is 104 Å². The lowest BCUT2D eigenvalue weighted by Gasteiger charge is -2.08. The fourth-order valence-corrected chi connectivity index (χ4v) is 1.79. The summed E-state index contributed by atoms with van der Waals surface area (Å²) in [6.45, 7) is 0. The predicted molar refractivity (Wildman–Crippen MR) is 67.8 cm³/mol. The first-order valence-corrected chi connectivity index (χ1v) is 5.38. The summed E-state index contributed by atoms with van der Waals surface area (Å²) in [6, 6.07) is 9.67. The Balaban J connectivity index is 2.53. The zero-order valence-electron chi connectivity index (χ0n) is 9.21. The van der Waals surface area contributed by atoms with E-state index in [9.17, 15) is 4.39 Å². The van der Waals surface area contributed by atoms with Gasteiger partial charge in [0.05, 0.1) is 12.1 Å². The number of nitrogen functional groups attached to an aromatic ring is 1. The maximum Gasteiger partial charge on any atom is 0.138 e. The van der Waals surface area contributed by atoms with Crippen molar-refractivity contribution >= 4 is 17.3 Å². The zero-order chi connectivity index (χ0) is 12.4. The summed E-state index contributed by atoms with van der Waals surface area (Å²) in [6.07, 6.45) is 0. The van der Waals surface area contributed by atoms with E-state index in [1.807, 2.05) is 0 Å². The Morgan fingerprint density at radius 1 is 1.18 bits per heavy atom. The topological polar surface area (TPSA) is 35.2 Å². The molecule has 0 radical (unpaired) electrons. The van der Waals surface area contributed by atoms with Crippen LogP contribution in [0.1, 0.15) is 0 Å². The Morgan fingerprint density at radius 3 is 2.59 bits per heavy atom. The fourth-order valence-electron chi connectivity index (χ4n) is 1.59. The second-order valence-corrected chi connectivity index (χ2v) is 4.00. The number of benzene rings is 2. The molecule has 0 aliphatic rings. The first kappa shape index (κ1) is 11.7. The minimum atomic E-state index is -0.366. The minimum absolute atomic E-state index is 0.366. The molecule has 4 heteroatoms. The van der Waals surface area contributed by atoms with Crippen LogP contribution in [0.4, 0.5) is 10.1 Å². The van der Waals surface area contributed by atoms with Crippen molar-refractivity contribution in [2.45, 2.75) is 0 Å². The molecule has 2 aromatic carbocycles. The molecule has 88 valence electrons. The van der Waals surface area contributed by atoms with Gasteiger partial charge in [-0.1, -0.05) is 17.7 Å². The lowest BCUT2D eigenvalue weighted by atomic mass is 10.0. The molecule has 0 spiro atoms. The van der Waals surface area contributed by atoms with E-state index in [1.54, 1.807) is 30.3 Å². The lowest BCUT2D eigenvalue weighted by Crippen LogP contribution is -1.90. The maximum atomic E-state index is 13.7. The number of methoxy groups -OCH3 is 1. The number of hydrogen-bond donors (Lipinski definition) is 1. The van der Waals surface area contributed by atoms with Crippen LogP contribution in [0.25, 0.3) is 11.1 Å². The van der Waals surface area contributed by atoms with Crippen LogP contribution in [0.15, 0.2) is 36.4 Å². The highest BCUT2D eigenvalue weighted by Crippen LogP contribution is 2.32. The van der Waals surface area contributed by atoms with Crippen LogP contribution >= 0.6 is 11.6 Å². The van der Waals surface area contributed by atoms with E-state index >= 15 is 0 Å². The predicted octanol–water partition coefficient (Wildman–Crippen LogP) is 3.74. The van der Waals surface area contributed by atoms with Crippen LogP contribution in [-0.2, 0) is 0 Å². The van der Waals surface area contributed by atoms with Gasteiger partial charge in [-0.05, 0) is 35.9 Å². The number of nitrogens with two attached hydrogens (primary N) is 1. The standard InChI is InChI=1S/C13H11ClFNO/c1-17-13-6-8(2-5-11(13)14)10-4-3-9(16)7-12(10)15/h2-7H,16H2,1H3. The van der Waals surface area contributed by atoms with Gasteiger partial charge in [0.1, 0.15) is 11.6 Å². The molecule has 0 amide bonds. The summed E-state index contributed by atoms with van der Waals surface area (Å²) in [7, 11) is 1.52. The second kappa shape index (κ2) is 4.63. The van der Waals surface area contributed by atoms with Gasteiger partial charge in [0, 0.05) is 11.3 Å². The molecular formula is C13H11ClFNO. The van der Waals surface area contributed by atoms with Gasteiger partial charge in [-0.3, -0.25) is 0 Å². The molecule has 0 unspecified atom stereocenters. The van der Waals surface area contributed by atoms with Gasteiger partial charge < -0.3 is 10.5 Å². The van der Waals surface area contributed by atoms with Gasteiger partial charge >= 0.3 is 0 Å². The molecule has 0 atom stereocenters. The maximum absolute atomic E-state index is 13.7. The van der Waals surface area contributed by atoms with Crippen molar-refractivity contribution in [1.82, 2.24) is 0 Å². The molecule has 0 bridgehead atoms. The smallest absolute Gasteiger partial charge is 0.138 e. The molecular weight excluding hydrogens is 241 g/mol. The number of ether oxygens (including phenoxy) is 1. The Morgan fingerprint density at radius 2 is 1.94 bits per heavy atom. The summed E-state index contributed by atoms with van der Waals surface area (Å²) in [4.78, 5) is 0. The highest BCUT2D eigenvalue weighted by atomic mass is 35.5. The first-order valence-electron chi connectivity index (χ1n) is 5.01. The first-order chi connectivity index (χ1) is 8.11. The number of rotatable bonds is 2. The van der Waals surface area contributed by atoms with Gasteiger partial charge in [0.25, 0.3) is 0 Å². The van der Waals surface area contributed by atoms with Crippen molar-refractivity contribution in [1.29, 1.82) is 0 Å². The molecule has 0 fully saturated rings. The molecule has 0 aliphatic heterocycles. The van der Waals surface area contributed by atoms with Gasteiger partial charge in [-0.15, -0.1) is 0 Å². The summed E-state index contributed by atoms with van der Waals surface area (Å²) >= 11 is 5.91. The van der Waals surface area contributed by atoms with E-state index in [4.69, 9.17) is 22.1 Å². The van der Waals surface area contributed by atoms with Gasteiger partial charge in [-0.2, -0.15) is 0 Å². The molecule has 2 nitrogen and oxygen atoms in total. The molecule has 2 rings (SSSR count). The minimum Gasteiger partial charge on any atom is -0.495 e. The molecule has 2 aromatic rings. The van der Waals surface area contributed by atoms with E-state index in [2.05, 4.69) is 0 Å². The Hall–Kier alpha value is -1.74. The van der Waals surface area contributed by atoms with E-state index in [-0.39, 0.29) is 5.82 Å². The van der Waals surface area contributed by atoms with E-state index in [0.717, 1.165) is 0 Å². The van der Waals surface area contributed by atoms with Crippen LogP contribution in [0.2, 0.25) is 5.02 Å². The third-order valence-corrected chi connectivity index (χ3v) is 2.77. The van der Waals surface area contributed by atoms with Gasteiger partial charge in [0.2, 0.25) is 0 Å². The summed E-state index contributed by atoms with van der Waals surface area (Å²) in [5, 5.41) is 0.493. The normalized spacial score (nSPS) is 10.3. The lowest BCUT2D eigenvalue weighted by molar-refractivity contribution is 0.415. The summed E-state index contributed by atoms with van der Waals surface area (Å²) in [5.74, 6) is 0.148. The highest BCUT2D eigenvalue weighted by Gasteiger charge is 2.08. The summed E-state index contributed by atoms with van der Waals surface area (Å²) < 4.78 is 18.8. The van der Waals surface area contributed by atoms with Crippen LogP contribution in [0.3, 0.4) is 0 Å². The Kier molecular flexibility index (Phi) is 3.20. The largest absolute Gasteiger partial charge is 0.495 e. The van der Waals surface area contributed by atoms with E-state index in [0.29, 0.717) is 27.6 Å². The van der Waals surface area contributed by atoms with Crippen molar-refractivity contribution in [3.63, 3.8) is 0 Å². The third-order valence-electron chi connectivity index (χ3n) is 2.46. The molecule has 0 saturated heterocycles. The molecule has 0 aliphatic carbocycles. The average Bonchev–Trinajstić information content (AvgIpc) is 2.30. The Bertz CT molecular complexity index is 557. The summed E-state index contributed by atoms with van der Waals surface area (Å²) in [5.41, 5.74) is 7.06. The van der Waals surface area contributed by atoms with Crippen molar-refractivity contribution in [3.8, 4) is 16.9 Å². The van der Waals surface area contributed by atoms with Crippen LogP contribution < -0.4 is 10.5 Å². The fraction of sp³-hybridized carbons (Fsp3) is 0.0769. The SMILES string of the molecule is COc1cc(-c2ccc(N)cc2F)ccc1Cl. The zero-order valence-corrected chi connectivity index (χ0v) is 9.96. The van der Waals surface area contributed by atoms with Crippen molar-refractivity contribution < 1.29 is 9.13 Å². The molecule has 17 heavy (non-hydrogen) atoms. The number of anilines is 1. The molecule has 0 heterocycles. The molecule has 0 saturated carbocycles. The van der Waals surface area contributed by atoms with Gasteiger partial charge in [-0.25, -0.2) is 4.39 Å². The van der Waals surface area contributed by atoms with Crippen LogP contribution in [0, 0.1) is 5.82 Å². The number of hydrogen-bond acceptors (Lipinski definition) is 2. The molecule has 2 N–H and O–H groups in total. The molecule has 0 aromatic heterocycles. The van der Waals surface area contributed by atoms with Crippen molar-refractivity contribution in [3.05, 3.63) is 47.2 Å². The van der Waals surface area contributed by atoms with Gasteiger partial charge in [0.15, 0.2) is 0 Å². The monoisotopic (exact) mass is 251 g/mol. The van der Waals surface area contributed by atoms with Crippen molar-refractivity contribution in [2.24, 2.45) is 0 Å². The average molecular weight is 252 g/mol. The van der Waals surface area contributed by atoms with Crippen LogP contribution in [0.5, 0.6) is 5.75 Å². The highest BCUT2D eigenvalue weighted by molar-refractivity contribution is 6.32. The van der Waals surface area contributed by atoms with Crippen LogP contribution in [-0.4, -0.2) is 7.11 Å². The second-order valence-electron chi connectivity index (χ2n) is 3.59.